The summed E-state index contributed by atoms with van der Waals surface area (Å²) >= 11 is 0. The van der Waals surface area contributed by atoms with Crippen molar-refractivity contribution in [2.24, 2.45) is 0 Å². The molecule has 2 heterocycles. The first-order valence-electron chi connectivity index (χ1n) is 12.5. The summed E-state index contributed by atoms with van der Waals surface area (Å²) in [5, 5.41) is 12.5. The lowest BCUT2D eigenvalue weighted by atomic mass is 9.92. The number of nitrogens with zero attached hydrogens (tertiary/aromatic N) is 1. The first-order chi connectivity index (χ1) is 18.4. The second kappa shape index (κ2) is 12.5. The van der Waals surface area contributed by atoms with Crippen molar-refractivity contribution in [2.45, 2.75) is 57.8 Å². The highest BCUT2D eigenvalue weighted by Gasteiger charge is 2.36. The highest BCUT2D eigenvalue weighted by atomic mass is 16.6. The van der Waals surface area contributed by atoms with E-state index in [-0.39, 0.29) is 24.7 Å². The van der Waals surface area contributed by atoms with Gasteiger partial charge >= 0.3 is 18.2 Å². The molecule has 1 fully saturated rings. The highest BCUT2D eigenvalue weighted by Crippen LogP contribution is 2.26. The third-order valence-electron chi connectivity index (χ3n) is 5.88. The number of carbonyl (C=O) groups is 3. The van der Waals surface area contributed by atoms with E-state index in [1.165, 1.54) is 11.0 Å². The van der Waals surface area contributed by atoms with Crippen LogP contribution in [0.25, 0.3) is 6.08 Å². The van der Waals surface area contributed by atoms with E-state index in [2.05, 4.69) is 5.32 Å². The SMILES string of the molecule is COC(=O)c1oc(/C=C/C2(NC(=O)OC(C)(C)C)CCCCN(C(=O)O)C2)cc(=O)c1OCc1ccccc1. The zero-order valence-electron chi connectivity index (χ0n) is 22.5. The molecule has 39 heavy (non-hydrogen) atoms. The van der Waals surface area contributed by atoms with E-state index in [4.69, 9.17) is 18.6 Å². The maximum Gasteiger partial charge on any atom is 0.408 e. The third-order valence-corrected chi connectivity index (χ3v) is 5.88. The number of likely N-dealkylation sites (tertiary alicyclic amines) is 1. The van der Waals surface area contributed by atoms with Crippen LogP contribution in [0, 0.1) is 0 Å². The van der Waals surface area contributed by atoms with Crippen LogP contribution in [0.5, 0.6) is 5.75 Å². The molecule has 0 spiro atoms. The molecule has 11 nitrogen and oxygen atoms in total. The maximum atomic E-state index is 13.0. The zero-order valence-corrected chi connectivity index (χ0v) is 22.5. The number of carbonyl (C=O) groups excluding carboxylic acids is 2. The molecule has 2 aromatic rings. The van der Waals surface area contributed by atoms with Crippen LogP contribution in [0.3, 0.4) is 0 Å². The highest BCUT2D eigenvalue weighted by molar-refractivity contribution is 5.89. The van der Waals surface area contributed by atoms with Gasteiger partial charge in [-0.15, -0.1) is 0 Å². The van der Waals surface area contributed by atoms with Crippen LogP contribution in [0.2, 0.25) is 0 Å². The van der Waals surface area contributed by atoms with Gasteiger partial charge in [-0.2, -0.15) is 0 Å². The van der Waals surface area contributed by atoms with Gasteiger partial charge in [-0.05, 0) is 51.7 Å². The van der Waals surface area contributed by atoms with Crippen molar-refractivity contribution in [3.05, 3.63) is 69.8 Å². The van der Waals surface area contributed by atoms with Gasteiger partial charge < -0.3 is 34.0 Å². The molecule has 0 aliphatic carbocycles. The quantitative estimate of drug-likeness (QED) is 0.485. The Kier molecular flexibility index (Phi) is 9.39. The summed E-state index contributed by atoms with van der Waals surface area (Å²) in [7, 11) is 1.15. The molecule has 1 unspecified atom stereocenters. The van der Waals surface area contributed by atoms with Crippen LogP contribution in [0.15, 0.2) is 51.7 Å². The first kappa shape index (κ1) is 29.3. The van der Waals surface area contributed by atoms with E-state index in [9.17, 15) is 24.3 Å². The van der Waals surface area contributed by atoms with Crippen LogP contribution in [-0.4, -0.2) is 59.5 Å². The first-order valence-corrected chi connectivity index (χ1v) is 12.5. The van der Waals surface area contributed by atoms with E-state index in [1.54, 1.807) is 39.0 Å². The normalized spacial score (nSPS) is 17.8. The molecule has 1 aliphatic rings. The molecule has 3 rings (SSSR count). The molecule has 2 amide bonds. The van der Waals surface area contributed by atoms with Gasteiger partial charge in [-0.3, -0.25) is 4.79 Å². The van der Waals surface area contributed by atoms with Crippen LogP contribution in [-0.2, 0) is 16.1 Å². The van der Waals surface area contributed by atoms with Crippen molar-refractivity contribution in [3.8, 4) is 5.75 Å². The molecular weight excluding hydrogens is 508 g/mol. The number of benzene rings is 1. The average molecular weight is 543 g/mol. The van der Waals surface area contributed by atoms with Crippen molar-refractivity contribution >= 4 is 24.2 Å². The minimum atomic E-state index is -1.16. The van der Waals surface area contributed by atoms with Crippen LogP contribution < -0.4 is 15.5 Å². The molecule has 0 saturated carbocycles. The molecule has 1 aromatic carbocycles. The number of hydrogen-bond donors (Lipinski definition) is 2. The molecule has 1 saturated heterocycles. The van der Waals surface area contributed by atoms with Gasteiger partial charge in [0, 0.05) is 12.6 Å². The molecule has 1 aliphatic heterocycles. The van der Waals surface area contributed by atoms with Crippen molar-refractivity contribution < 1.29 is 38.1 Å². The van der Waals surface area contributed by atoms with Gasteiger partial charge in [0.2, 0.25) is 11.2 Å². The molecule has 210 valence electrons. The minimum Gasteiger partial charge on any atom is -0.481 e. The van der Waals surface area contributed by atoms with Crippen LogP contribution >= 0.6 is 0 Å². The van der Waals surface area contributed by atoms with E-state index >= 15 is 0 Å². The Hall–Kier alpha value is -4.28. The number of nitrogens with one attached hydrogen (secondary N) is 1. The summed E-state index contributed by atoms with van der Waals surface area (Å²) in [6.07, 6.45) is 2.75. The van der Waals surface area contributed by atoms with Gasteiger partial charge in [0.25, 0.3) is 5.76 Å². The maximum absolute atomic E-state index is 13.0. The molecule has 2 N–H and O–H groups in total. The Balaban J connectivity index is 1.97. The average Bonchev–Trinajstić information content (AvgIpc) is 3.08. The summed E-state index contributed by atoms with van der Waals surface area (Å²) in [6.45, 7) is 5.43. The number of ether oxygens (including phenoxy) is 3. The van der Waals surface area contributed by atoms with Gasteiger partial charge in [0.05, 0.1) is 19.2 Å². The number of esters is 1. The zero-order chi connectivity index (χ0) is 28.6. The van der Waals surface area contributed by atoms with Gasteiger partial charge in [-0.25, -0.2) is 14.4 Å². The lowest BCUT2D eigenvalue weighted by molar-refractivity contribution is 0.0455. The minimum absolute atomic E-state index is 0.0102. The standard InChI is InChI=1S/C28H34N2O9/c1-27(2,3)39-25(33)29-28(13-8-9-15-30(18-28)26(34)35)14-12-20-16-21(31)22(23(38-20)24(32)36-4)37-17-19-10-6-5-7-11-19/h5-7,10-12,14,16H,8-9,13,15,17-18H2,1-4H3,(H,29,33)(H,34,35)/b14-12+. The Morgan fingerprint density at radius 3 is 2.54 bits per heavy atom. The molecule has 1 atom stereocenters. The second-order valence-corrected chi connectivity index (χ2v) is 10.2. The topological polar surface area (TPSA) is 145 Å². The fourth-order valence-electron chi connectivity index (χ4n) is 4.11. The van der Waals surface area contributed by atoms with Crippen molar-refractivity contribution in [2.75, 3.05) is 20.2 Å². The lowest BCUT2D eigenvalue weighted by Crippen LogP contribution is -2.55. The smallest absolute Gasteiger partial charge is 0.408 e. The number of methoxy groups -OCH3 is 1. The van der Waals surface area contributed by atoms with E-state index in [0.717, 1.165) is 18.7 Å². The summed E-state index contributed by atoms with van der Waals surface area (Å²) < 4.78 is 21.5. The number of rotatable bonds is 7. The largest absolute Gasteiger partial charge is 0.481 e. The molecule has 0 radical (unpaired) electrons. The number of carboxylic acid groups (broad SMARTS) is 1. The summed E-state index contributed by atoms with van der Waals surface area (Å²) in [5.41, 5.74) is -1.77. The number of alkyl carbamates (subject to hydrolysis) is 1. The fraction of sp³-hybridized carbons (Fsp3) is 0.429. The van der Waals surface area contributed by atoms with Crippen LogP contribution in [0.1, 0.15) is 61.9 Å². The Morgan fingerprint density at radius 2 is 1.90 bits per heavy atom. The monoisotopic (exact) mass is 542 g/mol. The van der Waals surface area contributed by atoms with Gasteiger partial charge in [-0.1, -0.05) is 36.4 Å². The number of amides is 2. The third kappa shape index (κ3) is 8.36. The Labute approximate surface area is 226 Å². The molecule has 1 aromatic heterocycles. The Bertz CT molecular complexity index is 1260. The van der Waals surface area contributed by atoms with Crippen molar-refractivity contribution in [3.63, 3.8) is 0 Å². The van der Waals surface area contributed by atoms with Gasteiger partial charge in [0.1, 0.15) is 18.0 Å². The number of hydrogen-bond acceptors (Lipinski definition) is 8. The molecule has 11 heteroatoms. The Morgan fingerprint density at radius 1 is 1.18 bits per heavy atom. The molecular formula is C28H34N2O9. The predicted octanol–water partition coefficient (Wildman–Crippen LogP) is 4.45. The summed E-state index contributed by atoms with van der Waals surface area (Å²) in [4.78, 5) is 51.2. The fourth-order valence-corrected chi connectivity index (χ4v) is 4.11. The second-order valence-electron chi connectivity index (χ2n) is 10.2. The van der Waals surface area contributed by atoms with Crippen molar-refractivity contribution in [1.82, 2.24) is 10.2 Å². The predicted molar refractivity (Wildman–Crippen MR) is 142 cm³/mol. The van der Waals surface area contributed by atoms with E-state index in [0.29, 0.717) is 25.8 Å². The van der Waals surface area contributed by atoms with Crippen LogP contribution in [0.4, 0.5) is 9.59 Å². The molecule has 0 bridgehead atoms. The summed E-state index contributed by atoms with van der Waals surface area (Å²) in [5.74, 6) is -1.62. The van der Waals surface area contributed by atoms with Crippen molar-refractivity contribution in [1.29, 1.82) is 0 Å². The van der Waals surface area contributed by atoms with E-state index < -0.39 is 40.5 Å². The van der Waals surface area contributed by atoms with E-state index in [1.807, 2.05) is 18.2 Å². The van der Waals surface area contributed by atoms with Gasteiger partial charge in [0.15, 0.2) is 0 Å². The lowest BCUT2D eigenvalue weighted by Gasteiger charge is -2.34. The summed E-state index contributed by atoms with van der Waals surface area (Å²) in [6, 6.07) is 10.2.